The Kier molecular flexibility index (Phi) is 3.75. The largest absolute Gasteiger partial charge is 0.481 e. The number of hydrogen-bond donors (Lipinski definition) is 2. The van der Waals surface area contributed by atoms with Gasteiger partial charge in [0, 0.05) is 13.1 Å². The number of carbonyl (C=O) groups excluding carboxylic acids is 2. The van der Waals surface area contributed by atoms with Crippen molar-refractivity contribution < 1.29 is 19.5 Å². The first-order chi connectivity index (χ1) is 9.32. The minimum absolute atomic E-state index is 0.128. The molecule has 1 unspecified atom stereocenters. The highest BCUT2D eigenvalue weighted by Crippen LogP contribution is 2.59. The third-order valence-corrected chi connectivity index (χ3v) is 4.54. The highest BCUT2D eigenvalue weighted by Gasteiger charge is 2.67. The maximum atomic E-state index is 12.6. The number of aliphatic carboxylic acids is 1. The van der Waals surface area contributed by atoms with Crippen LogP contribution in [0.15, 0.2) is 0 Å². The fraction of sp³-hybridized carbons (Fsp3) is 0.786. The van der Waals surface area contributed by atoms with E-state index in [9.17, 15) is 19.5 Å². The number of carboxylic acids is 1. The van der Waals surface area contributed by atoms with Crippen molar-refractivity contribution >= 4 is 17.8 Å². The van der Waals surface area contributed by atoms with Crippen LogP contribution in [-0.4, -0.2) is 46.9 Å². The second-order valence-electron chi connectivity index (χ2n) is 6.24. The zero-order chi connectivity index (χ0) is 15.1. The first kappa shape index (κ1) is 14.8. The molecular weight excluding hydrogens is 260 g/mol. The van der Waals surface area contributed by atoms with Gasteiger partial charge in [-0.05, 0) is 11.8 Å². The molecule has 1 saturated carbocycles. The second-order valence-corrected chi connectivity index (χ2v) is 6.24. The predicted molar refractivity (Wildman–Crippen MR) is 71.8 cm³/mol. The molecule has 6 nitrogen and oxygen atoms in total. The lowest BCUT2D eigenvalue weighted by Crippen LogP contribution is -2.57. The zero-order valence-corrected chi connectivity index (χ0v) is 12.2. The highest BCUT2D eigenvalue weighted by atomic mass is 16.4. The van der Waals surface area contributed by atoms with Gasteiger partial charge in [0.15, 0.2) is 0 Å². The molecule has 0 radical (unpaired) electrons. The van der Waals surface area contributed by atoms with Crippen LogP contribution in [-0.2, 0) is 14.4 Å². The van der Waals surface area contributed by atoms with Crippen LogP contribution in [0, 0.1) is 17.3 Å². The van der Waals surface area contributed by atoms with Crippen molar-refractivity contribution in [1.82, 2.24) is 10.2 Å². The summed E-state index contributed by atoms with van der Waals surface area (Å²) in [6, 6.07) is -0.452. The van der Waals surface area contributed by atoms with Gasteiger partial charge >= 0.3 is 5.97 Å². The van der Waals surface area contributed by atoms with Crippen molar-refractivity contribution in [2.24, 2.45) is 17.3 Å². The molecule has 0 aromatic carbocycles. The summed E-state index contributed by atoms with van der Waals surface area (Å²) in [6.45, 7) is 6.47. The van der Waals surface area contributed by atoms with Crippen LogP contribution in [0.2, 0.25) is 0 Å². The molecule has 1 aliphatic heterocycles. The minimum atomic E-state index is -0.929. The summed E-state index contributed by atoms with van der Waals surface area (Å²) in [7, 11) is 0. The van der Waals surface area contributed by atoms with Crippen molar-refractivity contribution in [3.05, 3.63) is 0 Å². The van der Waals surface area contributed by atoms with Gasteiger partial charge in [-0.1, -0.05) is 27.2 Å². The minimum Gasteiger partial charge on any atom is -0.481 e. The summed E-state index contributed by atoms with van der Waals surface area (Å²) in [5, 5.41) is 11.9. The average molecular weight is 282 g/mol. The topological polar surface area (TPSA) is 86.7 Å². The summed E-state index contributed by atoms with van der Waals surface area (Å²) < 4.78 is 0. The molecule has 1 aliphatic carbocycles. The van der Waals surface area contributed by atoms with Crippen molar-refractivity contribution in [3.63, 3.8) is 0 Å². The molecule has 1 saturated heterocycles. The predicted octanol–water partition coefficient (Wildman–Crippen LogP) is 0.470. The Labute approximate surface area is 118 Å². The lowest BCUT2D eigenvalue weighted by atomic mass is 10.0. The van der Waals surface area contributed by atoms with E-state index in [-0.39, 0.29) is 11.8 Å². The Morgan fingerprint density at radius 1 is 1.40 bits per heavy atom. The van der Waals surface area contributed by atoms with Crippen LogP contribution < -0.4 is 5.32 Å². The van der Waals surface area contributed by atoms with Crippen LogP contribution in [0.5, 0.6) is 0 Å². The van der Waals surface area contributed by atoms with Crippen LogP contribution in [0.4, 0.5) is 0 Å². The van der Waals surface area contributed by atoms with Crippen LogP contribution >= 0.6 is 0 Å². The SMILES string of the molecule is CCCC1C(=O)NCCN1C(=O)[C@@H]1[C@H](C(=O)O)C1(C)C. The van der Waals surface area contributed by atoms with Crippen LogP contribution in [0.3, 0.4) is 0 Å². The summed E-state index contributed by atoms with van der Waals surface area (Å²) in [5.74, 6) is -2.39. The smallest absolute Gasteiger partial charge is 0.307 e. The molecule has 20 heavy (non-hydrogen) atoms. The molecule has 2 rings (SSSR count). The van der Waals surface area contributed by atoms with Crippen molar-refractivity contribution in [2.75, 3.05) is 13.1 Å². The van der Waals surface area contributed by atoms with Gasteiger partial charge in [0.1, 0.15) is 6.04 Å². The quantitative estimate of drug-likeness (QED) is 0.784. The highest BCUT2D eigenvalue weighted by molar-refractivity contribution is 5.95. The van der Waals surface area contributed by atoms with E-state index >= 15 is 0 Å². The Morgan fingerprint density at radius 3 is 2.55 bits per heavy atom. The van der Waals surface area contributed by atoms with E-state index in [2.05, 4.69) is 5.32 Å². The van der Waals surface area contributed by atoms with Crippen LogP contribution in [0.1, 0.15) is 33.6 Å². The van der Waals surface area contributed by atoms with E-state index in [1.165, 1.54) is 0 Å². The first-order valence-electron chi connectivity index (χ1n) is 7.13. The van der Waals surface area contributed by atoms with E-state index in [0.717, 1.165) is 6.42 Å². The van der Waals surface area contributed by atoms with E-state index in [1.807, 2.05) is 6.92 Å². The molecule has 2 N–H and O–H groups in total. The molecule has 6 heteroatoms. The summed E-state index contributed by atoms with van der Waals surface area (Å²) in [6.07, 6.45) is 1.42. The number of rotatable bonds is 4. The lowest BCUT2D eigenvalue weighted by Gasteiger charge is -2.35. The number of nitrogens with zero attached hydrogens (tertiary/aromatic N) is 1. The van der Waals surface area contributed by atoms with E-state index in [4.69, 9.17) is 0 Å². The van der Waals surface area contributed by atoms with E-state index < -0.39 is 29.3 Å². The van der Waals surface area contributed by atoms with Crippen molar-refractivity contribution in [3.8, 4) is 0 Å². The lowest BCUT2D eigenvalue weighted by molar-refractivity contribution is -0.146. The van der Waals surface area contributed by atoms with Crippen molar-refractivity contribution in [2.45, 2.75) is 39.7 Å². The van der Waals surface area contributed by atoms with Gasteiger partial charge < -0.3 is 15.3 Å². The molecule has 2 amide bonds. The molecular formula is C14H22N2O4. The van der Waals surface area contributed by atoms with Crippen LogP contribution in [0.25, 0.3) is 0 Å². The Hall–Kier alpha value is -1.59. The average Bonchev–Trinajstić information content (AvgIpc) is 2.94. The number of nitrogens with one attached hydrogen (secondary N) is 1. The monoisotopic (exact) mass is 282 g/mol. The molecule has 2 fully saturated rings. The van der Waals surface area contributed by atoms with Gasteiger partial charge in [0.2, 0.25) is 11.8 Å². The molecule has 112 valence electrons. The molecule has 0 aromatic heterocycles. The Morgan fingerprint density at radius 2 is 2.05 bits per heavy atom. The molecule has 0 aromatic rings. The molecule has 3 atom stereocenters. The summed E-state index contributed by atoms with van der Waals surface area (Å²) in [4.78, 5) is 37.3. The van der Waals surface area contributed by atoms with Gasteiger partial charge in [-0.25, -0.2) is 0 Å². The summed E-state index contributed by atoms with van der Waals surface area (Å²) >= 11 is 0. The van der Waals surface area contributed by atoms with Gasteiger partial charge in [0.05, 0.1) is 11.8 Å². The maximum absolute atomic E-state index is 12.6. The van der Waals surface area contributed by atoms with Gasteiger partial charge in [-0.15, -0.1) is 0 Å². The maximum Gasteiger partial charge on any atom is 0.307 e. The molecule has 0 bridgehead atoms. The normalized spacial score (nSPS) is 31.6. The zero-order valence-electron chi connectivity index (χ0n) is 12.2. The van der Waals surface area contributed by atoms with E-state index in [1.54, 1.807) is 18.7 Å². The number of carboxylic acid groups (broad SMARTS) is 1. The fourth-order valence-electron chi connectivity index (χ4n) is 3.28. The fourth-order valence-corrected chi connectivity index (χ4v) is 3.28. The van der Waals surface area contributed by atoms with Gasteiger partial charge in [-0.3, -0.25) is 14.4 Å². The number of carbonyl (C=O) groups is 3. The molecule has 2 aliphatic rings. The third-order valence-electron chi connectivity index (χ3n) is 4.54. The Bertz CT molecular complexity index is 446. The molecule has 1 heterocycles. The first-order valence-corrected chi connectivity index (χ1v) is 7.13. The molecule has 0 spiro atoms. The third kappa shape index (κ3) is 2.27. The summed E-state index contributed by atoms with van der Waals surface area (Å²) in [5.41, 5.74) is -0.520. The van der Waals surface area contributed by atoms with Crippen molar-refractivity contribution in [1.29, 1.82) is 0 Å². The number of piperazine rings is 1. The Balaban J connectivity index is 2.15. The van der Waals surface area contributed by atoms with Gasteiger partial charge in [0.25, 0.3) is 0 Å². The second kappa shape index (κ2) is 5.07. The standard InChI is InChI=1S/C14H22N2O4/c1-4-5-8-11(17)15-6-7-16(8)12(18)9-10(13(19)20)14(9,2)3/h8-10H,4-7H2,1-3H3,(H,15,17)(H,19,20)/t8?,9-,10+/m0/s1. The van der Waals surface area contributed by atoms with Gasteiger partial charge in [-0.2, -0.15) is 0 Å². The number of amides is 2. The number of hydrogen-bond acceptors (Lipinski definition) is 3. The van der Waals surface area contributed by atoms with E-state index in [0.29, 0.717) is 19.5 Å².